The van der Waals surface area contributed by atoms with E-state index in [-0.39, 0.29) is 17.7 Å². The molecule has 2 amide bonds. The topological polar surface area (TPSA) is 84.7 Å². The average Bonchev–Trinajstić information content (AvgIpc) is 2.48. The molecule has 3 N–H and O–H groups in total. The fraction of sp³-hybridized carbons (Fsp3) is 0.857. The molecule has 2 heterocycles. The summed E-state index contributed by atoms with van der Waals surface area (Å²) in [5.41, 5.74) is 4.96. The second-order valence-electron chi connectivity index (χ2n) is 5.96. The lowest BCUT2D eigenvalue weighted by Crippen LogP contribution is -2.54. The van der Waals surface area contributed by atoms with Crippen molar-refractivity contribution in [3.63, 3.8) is 0 Å². The van der Waals surface area contributed by atoms with Gasteiger partial charge in [0.15, 0.2) is 0 Å². The summed E-state index contributed by atoms with van der Waals surface area (Å²) in [6, 6.07) is 0. The van der Waals surface area contributed by atoms with E-state index in [4.69, 9.17) is 10.5 Å². The van der Waals surface area contributed by atoms with Crippen LogP contribution in [-0.2, 0) is 14.3 Å². The van der Waals surface area contributed by atoms with Crippen molar-refractivity contribution in [3.05, 3.63) is 0 Å². The number of hydrogen-bond donors (Lipinski definition) is 2. The Morgan fingerprint density at radius 3 is 2.70 bits per heavy atom. The molecule has 6 nitrogen and oxygen atoms in total. The Hall–Kier alpha value is -1.14. The maximum Gasteiger partial charge on any atom is 0.231 e. The molecule has 2 fully saturated rings. The molecule has 2 aliphatic rings. The minimum atomic E-state index is -0.431. The van der Waals surface area contributed by atoms with E-state index in [0.29, 0.717) is 13.2 Å². The second kappa shape index (κ2) is 6.54. The van der Waals surface area contributed by atoms with E-state index in [1.165, 1.54) is 0 Å². The van der Waals surface area contributed by atoms with E-state index in [1.54, 1.807) is 7.11 Å². The highest BCUT2D eigenvalue weighted by atomic mass is 16.5. The molecule has 0 aromatic rings. The Balaban J connectivity index is 2.08. The molecule has 0 saturated carbocycles. The number of rotatable bonds is 4. The molecule has 2 saturated heterocycles. The molecule has 0 aromatic carbocycles. The number of carbonyl (C=O) groups is 2. The maximum atomic E-state index is 12.9. The predicted octanol–water partition coefficient (Wildman–Crippen LogP) is -0.273. The van der Waals surface area contributed by atoms with Gasteiger partial charge in [0.2, 0.25) is 11.8 Å². The highest BCUT2D eigenvalue weighted by molar-refractivity contribution is 5.84. The first kappa shape index (κ1) is 15.3. The first-order chi connectivity index (χ1) is 9.59. The summed E-state index contributed by atoms with van der Waals surface area (Å²) in [4.78, 5) is 26.1. The normalized spacial score (nSPS) is 26.2. The lowest BCUT2D eigenvalue weighted by molar-refractivity contribution is -0.150. The van der Waals surface area contributed by atoms with Crippen molar-refractivity contribution in [2.24, 2.45) is 17.1 Å². The first-order valence-corrected chi connectivity index (χ1v) is 7.37. The first-order valence-electron chi connectivity index (χ1n) is 7.37. The van der Waals surface area contributed by atoms with E-state index in [1.807, 2.05) is 4.90 Å². The molecule has 20 heavy (non-hydrogen) atoms. The zero-order valence-electron chi connectivity index (χ0n) is 12.2. The van der Waals surface area contributed by atoms with Crippen LogP contribution in [0.15, 0.2) is 0 Å². The number of methoxy groups -OCH3 is 1. The average molecular weight is 283 g/mol. The van der Waals surface area contributed by atoms with Gasteiger partial charge in [-0.1, -0.05) is 0 Å². The molecule has 1 atom stereocenters. The van der Waals surface area contributed by atoms with Crippen LogP contribution in [0, 0.1) is 11.3 Å². The largest absolute Gasteiger partial charge is 0.384 e. The monoisotopic (exact) mass is 283 g/mol. The Kier molecular flexibility index (Phi) is 4.99. The number of nitrogens with zero attached hydrogens (tertiary/aromatic N) is 1. The summed E-state index contributed by atoms with van der Waals surface area (Å²) in [7, 11) is 1.64. The molecule has 0 aromatic heterocycles. The Morgan fingerprint density at radius 1 is 1.40 bits per heavy atom. The Bertz CT molecular complexity index is 361. The summed E-state index contributed by atoms with van der Waals surface area (Å²) in [5, 5.41) is 3.28. The van der Waals surface area contributed by atoms with Crippen LogP contribution in [0.4, 0.5) is 0 Å². The molecular weight excluding hydrogens is 258 g/mol. The lowest BCUT2D eigenvalue weighted by Gasteiger charge is -2.41. The van der Waals surface area contributed by atoms with Crippen molar-refractivity contribution in [2.75, 3.05) is 39.9 Å². The van der Waals surface area contributed by atoms with Gasteiger partial charge in [0.05, 0.1) is 17.9 Å². The van der Waals surface area contributed by atoms with Crippen LogP contribution in [0.2, 0.25) is 0 Å². The second-order valence-corrected chi connectivity index (χ2v) is 5.96. The van der Waals surface area contributed by atoms with Gasteiger partial charge in [0, 0.05) is 20.2 Å². The van der Waals surface area contributed by atoms with Crippen LogP contribution in [0.25, 0.3) is 0 Å². The van der Waals surface area contributed by atoms with Gasteiger partial charge in [-0.05, 0) is 38.8 Å². The van der Waals surface area contributed by atoms with Gasteiger partial charge in [-0.25, -0.2) is 0 Å². The quantitative estimate of drug-likeness (QED) is 0.743. The number of nitrogens with one attached hydrogen (secondary N) is 1. The van der Waals surface area contributed by atoms with Crippen LogP contribution in [0.3, 0.4) is 0 Å². The molecule has 0 spiro atoms. The SMILES string of the molecule is COCC1(C(=O)N2CCCC(C(N)=O)C2)CCNCC1. The zero-order chi connectivity index (χ0) is 14.6. The van der Waals surface area contributed by atoms with Crippen LogP contribution in [-0.4, -0.2) is 56.6 Å². The molecular formula is C14H25N3O3. The van der Waals surface area contributed by atoms with Gasteiger partial charge in [-0.15, -0.1) is 0 Å². The summed E-state index contributed by atoms with van der Waals surface area (Å²) in [6.07, 6.45) is 3.22. The smallest absolute Gasteiger partial charge is 0.231 e. The number of primary amides is 1. The van der Waals surface area contributed by atoms with Crippen LogP contribution in [0.1, 0.15) is 25.7 Å². The highest BCUT2D eigenvalue weighted by Crippen LogP contribution is 2.33. The van der Waals surface area contributed by atoms with E-state index in [2.05, 4.69) is 5.32 Å². The van der Waals surface area contributed by atoms with Crippen LogP contribution in [0.5, 0.6) is 0 Å². The van der Waals surface area contributed by atoms with Crippen molar-refractivity contribution in [2.45, 2.75) is 25.7 Å². The summed E-state index contributed by atoms with van der Waals surface area (Å²) in [6.45, 7) is 3.31. The standard InChI is InChI=1S/C14H25N3O3/c1-20-10-14(4-6-16-7-5-14)13(19)17-8-2-3-11(9-17)12(15)18/h11,16H,2-10H2,1H3,(H2,15,18). The number of amides is 2. The third-order valence-electron chi connectivity index (χ3n) is 4.55. The van der Waals surface area contributed by atoms with Gasteiger partial charge in [0.1, 0.15) is 0 Å². The summed E-state index contributed by atoms with van der Waals surface area (Å²) in [5.74, 6) is -0.366. The molecule has 2 rings (SSSR count). The molecule has 0 radical (unpaired) electrons. The van der Waals surface area contributed by atoms with Gasteiger partial charge in [-0.3, -0.25) is 9.59 Å². The molecule has 0 bridgehead atoms. The van der Waals surface area contributed by atoms with E-state index >= 15 is 0 Å². The Morgan fingerprint density at radius 2 is 2.10 bits per heavy atom. The van der Waals surface area contributed by atoms with E-state index in [0.717, 1.165) is 45.3 Å². The maximum absolute atomic E-state index is 12.9. The van der Waals surface area contributed by atoms with Crippen LogP contribution < -0.4 is 11.1 Å². The third-order valence-corrected chi connectivity index (χ3v) is 4.55. The van der Waals surface area contributed by atoms with Gasteiger partial charge in [-0.2, -0.15) is 0 Å². The van der Waals surface area contributed by atoms with Crippen molar-refractivity contribution < 1.29 is 14.3 Å². The Labute approximate surface area is 120 Å². The van der Waals surface area contributed by atoms with Gasteiger partial charge in [0.25, 0.3) is 0 Å². The number of ether oxygens (including phenoxy) is 1. The number of carbonyl (C=O) groups excluding carboxylic acids is 2. The fourth-order valence-corrected chi connectivity index (χ4v) is 3.33. The molecule has 114 valence electrons. The summed E-state index contributed by atoms with van der Waals surface area (Å²) < 4.78 is 5.30. The summed E-state index contributed by atoms with van der Waals surface area (Å²) >= 11 is 0. The van der Waals surface area contributed by atoms with Gasteiger partial charge < -0.3 is 20.7 Å². The minimum absolute atomic E-state index is 0.131. The van der Waals surface area contributed by atoms with Crippen LogP contribution >= 0.6 is 0 Å². The number of hydrogen-bond acceptors (Lipinski definition) is 4. The van der Waals surface area contributed by atoms with Crippen molar-refractivity contribution in [1.29, 1.82) is 0 Å². The third kappa shape index (κ3) is 3.12. The van der Waals surface area contributed by atoms with E-state index < -0.39 is 5.41 Å². The van der Waals surface area contributed by atoms with Crippen molar-refractivity contribution >= 4 is 11.8 Å². The lowest BCUT2D eigenvalue weighted by atomic mass is 9.77. The number of nitrogens with two attached hydrogens (primary N) is 1. The molecule has 1 unspecified atom stereocenters. The van der Waals surface area contributed by atoms with Gasteiger partial charge >= 0.3 is 0 Å². The predicted molar refractivity (Wildman–Crippen MR) is 74.9 cm³/mol. The number of likely N-dealkylation sites (tertiary alicyclic amines) is 1. The minimum Gasteiger partial charge on any atom is -0.384 e. The van der Waals surface area contributed by atoms with E-state index in [9.17, 15) is 9.59 Å². The molecule has 2 aliphatic heterocycles. The van der Waals surface area contributed by atoms with Crippen molar-refractivity contribution in [3.8, 4) is 0 Å². The molecule has 6 heteroatoms. The van der Waals surface area contributed by atoms with Crippen molar-refractivity contribution in [1.82, 2.24) is 10.2 Å². The zero-order valence-corrected chi connectivity index (χ0v) is 12.2. The number of piperidine rings is 2. The fourth-order valence-electron chi connectivity index (χ4n) is 3.33. The highest BCUT2D eigenvalue weighted by Gasteiger charge is 2.43. The molecule has 0 aliphatic carbocycles.